The number of aromatic amines is 1. The number of pyridine rings is 1. The third-order valence-corrected chi connectivity index (χ3v) is 2.78. The summed E-state index contributed by atoms with van der Waals surface area (Å²) in [5, 5.41) is 0.886. The molecule has 0 aliphatic carbocycles. The molecule has 3 N–H and O–H groups in total. The third-order valence-electron chi connectivity index (χ3n) is 2.78. The molecule has 1 atom stereocenters. The number of rotatable bonds is 3. The number of fused-ring (bicyclic) bond motifs is 1. The van der Waals surface area contributed by atoms with Crippen LogP contribution in [-0.4, -0.2) is 24.1 Å². The van der Waals surface area contributed by atoms with Crippen LogP contribution in [0.1, 0.15) is 5.56 Å². The van der Waals surface area contributed by atoms with Gasteiger partial charge in [0, 0.05) is 17.0 Å². The zero-order chi connectivity index (χ0) is 13.1. The number of para-hydroxylation sites is 1. The molecule has 2 rings (SSSR count). The lowest BCUT2D eigenvalue weighted by Gasteiger charge is -2.11. The molecule has 94 valence electrons. The van der Waals surface area contributed by atoms with E-state index in [0.717, 1.165) is 16.5 Å². The normalized spacial score (nSPS) is 12.3. The summed E-state index contributed by atoms with van der Waals surface area (Å²) < 4.78 is 4.58. The number of aromatic nitrogens is 1. The Balaban J connectivity index is 2.44. The van der Waals surface area contributed by atoms with Gasteiger partial charge >= 0.3 is 5.97 Å². The van der Waals surface area contributed by atoms with Gasteiger partial charge in [0.2, 0.25) is 5.56 Å². The van der Waals surface area contributed by atoms with Crippen molar-refractivity contribution in [3.8, 4) is 0 Å². The van der Waals surface area contributed by atoms with Crippen molar-refractivity contribution >= 4 is 16.9 Å². The van der Waals surface area contributed by atoms with Gasteiger partial charge in [-0.05, 0) is 18.1 Å². The van der Waals surface area contributed by atoms with Gasteiger partial charge in [-0.2, -0.15) is 0 Å². The van der Waals surface area contributed by atoms with Crippen molar-refractivity contribution < 1.29 is 9.53 Å². The highest BCUT2D eigenvalue weighted by Crippen LogP contribution is 2.15. The van der Waals surface area contributed by atoms with Gasteiger partial charge in [-0.1, -0.05) is 18.2 Å². The molecule has 18 heavy (non-hydrogen) atoms. The number of nitrogens with one attached hydrogen (secondary N) is 1. The van der Waals surface area contributed by atoms with Crippen molar-refractivity contribution in [1.82, 2.24) is 4.98 Å². The first kappa shape index (κ1) is 12.3. The second-order valence-corrected chi connectivity index (χ2v) is 4.04. The SMILES string of the molecule is COC(=O)[C@@H](N)Cc1cc(=O)[nH]c2ccccc12. The lowest BCUT2D eigenvalue weighted by atomic mass is 10.0. The van der Waals surface area contributed by atoms with Gasteiger partial charge in [-0.25, -0.2) is 0 Å². The molecule has 0 fully saturated rings. The Kier molecular flexibility index (Phi) is 3.43. The fourth-order valence-electron chi connectivity index (χ4n) is 1.92. The maximum Gasteiger partial charge on any atom is 0.322 e. The van der Waals surface area contributed by atoms with Crippen LogP contribution in [-0.2, 0) is 16.0 Å². The minimum atomic E-state index is -0.764. The van der Waals surface area contributed by atoms with Crippen molar-refractivity contribution in [1.29, 1.82) is 0 Å². The smallest absolute Gasteiger partial charge is 0.322 e. The molecule has 0 saturated carbocycles. The summed E-state index contributed by atoms with van der Waals surface area (Å²) in [6.07, 6.45) is 0.275. The first-order valence-electron chi connectivity index (χ1n) is 5.56. The molecule has 2 aromatic rings. The number of ether oxygens (including phenoxy) is 1. The Morgan fingerprint density at radius 1 is 1.44 bits per heavy atom. The van der Waals surface area contributed by atoms with Gasteiger partial charge < -0.3 is 15.5 Å². The highest BCUT2D eigenvalue weighted by Gasteiger charge is 2.16. The van der Waals surface area contributed by atoms with Gasteiger partial charge in [-0.15, -0.1) is 0 Å². The van der Waals surface area contributed by atoms with Crippen LogP contribution in [0, 0.1) is 0 Å². The average Bonchev–Trinajstić information content (AvgIpc) is 2.37. The molecule has 0 unspecified atom stereocenters. The number of methoxy groups -OCH3 is 1. The molecule has 1 aromatic carbocycles. The zero-order valence-electron chi connectivity index (χ0n) is 9.97. The van der Waals surface area contributed by atoms with Crippen LogP contribution in [0.25, 0.3) is 10.9 Å². The van der Waals surface area contributed by atoms with Crippen molar-refractivity contribution in [2.75, 3.05) is 7.11 Å². The van der Waals surface area contributed by atoms with Gasteiger partial charge in [0.1, 0.15) is 6.04 Å². The van der Waals surface area contributed by atoms with Crippen LogP contribution in [0.3, 0.4) is 0 Å². The number of nitrogens with two attached hydrogens (primary N) is 1. The van der Waals surface area contributed by atoms with Crippen LogP contribution >= 0.6 is 0 Å². The molecule has 1 heterocycles. The van der Waals surface area contributed by atoms with E-state index in [4.69, 9.17) is 5.73 Å². The summed E-state index contributed by atoms with van der Waals surface area (Å²) in [5.74, 6) is -0.487. The predicted molar refractivity (Wildman–Crippen MR) is 68.3 cm³/mol. The summed E-state index contributed by atoms with van der Waals surface area (Å²) >= 11 is 0. The van der Waals surface area contributed by atoms with Gasteiger partial charge in [0.25, 0.3) is 0 Å². The molecular formula is C13H14N2O3. The standard InChI is InChI=1S/C13H14N2O3/c1-18-13(17)10(14)6-8-7-12(16)15-11-5-3-2-4-9(8)11/h2-5,7,10H,6,14H2,1H3,(H,15,16)/t10-/m0/s1. The number of esters is 1. The van der Waals surface area contributed by atoms with Crippen molar-refractivity contribution in [2.45, 2.75) is 12.5 Å². The lowest BCUT2D eigenvalue weighted by Crippen LogP contribution is -2.34. The van der Waals surface area contributed by atoms with Crippen LogP contribution in [0.5, 0.6) is 0 Å². The summed E-state index contributed by atoms with van der Waals surface area (Å²) in [6, 6.07) is 8.09. The molecule has 5 nitrogen and oxygen atoms in total. The van der Waals surface area contributed by atoms with Crippen LogP contribution in [0.4, 0.5) is 0 Å². The van der Waals surface area contributed by atoms with E-state index in [1.807, 2.05) is 24.3 Å². The third kappa shape index (κ3) is 2.41. The second-order valence-electron chi connectivity index (χ2n) is 4.04. The first-order valence-corrected chi connectivity index (χ1v) is 5.56. The molecule has 0 saturated heterocycles. The maximum atomic E-state index is 11.5. The van der Waals surface area contributed by atoms with E-state index in [0.29, 0.717) is 0 Å². The predicted octanol–water partition coefficient (Wildman–Crippen LogP) is 0.571. The minimum absolute atomic E-state index is 0.208. The number of hydrogen-bond acceptors (Lipinski definition) is 4. The van der Waals surface area contributed by atoms with Crippen LogP contribution < -0.4 is 11.3 Å². The number of carbonyl (C=O) groups is 1. The first-order chi connectivity index (χ1) is 8.61. The fraction of sp³-hybridized carbons (Fsp3) is 0.231. The summed E-state index contributed by atoms with van der Waals surface area (Å²) in [7, 11) is 1.29. The van der Waals surface area contributed by atoms with E-state index >= 15 is 0 Å². The van der Waals surface area contributed by atoms with Crippen LogP contribution in [0.15, 0.2) is 35.1 Å². The van der Waals surface area contributed by atoms with Gasteiger partial charge in [0.15, 0.2) is 0 Å². The molecule has 0 radical (unpaired) electrons. The van der Waals surface area contributed by atoms with Gasteiger partial charge in [0.05, 0.1) is 7.11 Å². The maximum absolute atomic E-state index is 11.5. The molecule has 0 amide bonds. The Morgan fingerprint density at radius 3 is 2.89 bits per heavy atom. The molecular weight excluding hydrogens is 232 g/mol. The van der Waals surface area contributed by atoms with E-state index in [-0.39, 0.29) is 12.0 Å². The summed E-state index contributed by atoms with van der Waals surface area (Å²) in [4.78, 5) is 25.6. The Bertz CT molecular complexity index is 633. The summed E-state index contributed by atoms with van der Waals surface area (Å²) in [5.41, 5.74) is 6.98. The Hall–Kier alpha value is -2.14. The molecule has 0 aliphatic rings. The van der Waals surface area contributed by atoms with E-state index in [9.17, 15) is 9.59 Å². The van der Waals surface area contributed by atoms with E-state index in [1.165, 1.54) is 13.2 Å². The summed E-state index contributed by atoms with van der Waals surface area (Å²) in [6.45, 7) is 0. The minimum Gasteiger partial charge on any atom is -0.468 e. The number of H-pyrrole nitrogens is 1. The Morgan fingerprint density at radius 2 is 2.17 bits per heavy atom. The monoisotopic (exact) mass is 246 g/mol. The Labute approximate surface area is 104 Å². The molecule has 5 heteroatoms. The van der Waals surface area contributed by atoms with E-state index in [1.54, 1.807) is 0 Å². The molecule has 0 spiro atoms. The molecule has 1 aromatic heterocycles. The molecule has 0 aliphatic heterocycles. The van der Waals surface area contributed by atoms with Crippen molar-refractivity contribution in [3.05, 3.63) is 46.2 Å². The average molecular weight is 246 g/mol. The zero-order valence-corrected chi connectivity index (χ0v) is 9.97. The number of benzene rings is 1. The largest absolute Gasteiger partial charge is 0.468 e. The fourth-order valence-corrected chi connectivity index (χ4v) is 1.92. The van der Waals surface area contributed by atoms with Crippen molar-refractivity contribution in [2.24, 2.45) is 5.73 Å². The molecule has 0 bridgehead atoms. The van der Waals surface area contributed by atoms with Crippen LogP contribution in [0.2, 0.25) is 0 Å². The number of carbonyl (C=O) groups excluding carboxylic acids is 1. The topological polar surface area (TPSA) is 85.2 Å². The highest BCUT2D eigenvalue weighted by atomic mass is 16.5. The number of hydrogen-bond donors (Lipinski definition) is 2. The van der Waals surface area contributed by atoms with E-state index in [2.05, 4.69) is 9.72 Å². The van der Waals surface area contributed by atoms with Gasteiger partial charge in [-0.3, -0.25) is 9.59 Å². The van der Waals surface area contributed by atoms with E-state index < -0.39 is 12.0 Å². The second kappa shape index (κ2) is 5.01. The lowest BCUT2D eigenvalue weighted by molar-refractivity contribution is -0.142. The van der Waals surface area contributed by atoms with Crippen molar-refractivity contribution in [3.63, 3.8) is 0 Å². The quantitative estimate of drug-likeness (QED) is 0.775. The highest BCUT2D eigenvalue weighted by molar-refractivity contribution is 5.83.